The van der Waals surface area contributed by atoms with E-state index in [1.54, 1.807) is 6.20 Å². The number of nitrogens with zero attached hydrogens (tertiary/aromatic N) is 4. The lowest BCUT2D eigenvalue weighted by Gasteiger charge is -2.36. The largest absolute Gasteiger partial charge is 0.481 e. The minimum absolute atomic E-state index is 0.281. The lowest BCUT2D eigenvalue weighted by Crippen LogP contribution is -2.49. The number of pyridine rings is 1. The minimum Gasteiger partial charge on any atom is -0.481 e. The number of likely N-dealkylation sites (tertiary alicyclic amines) is 1. The van der Waals surface area contributed by atoms with Gasteiger partial charge in [-0.2, -0.15) is 0 Å². The number of carboxylic acids is 1. The molecule has 3 heterocycles. The van der Waals surface area contributed by atoms with Gasteiger partial charge in [0.2, 0.25) is 11.8 Å². The molecule has 0 spiro atoms. The van der Waals surface area contributed by atoms with Crippen LogP contribution in [0.3, 0.4) is 0 Å². The van der Waals surface area contributed by atoms with Gasteiger partial charge in [-0.05, 0) is 35.3 Å². The number of carboxylic acid groups (broad SMARTS) is 1. The number of fused-ring (bicyclic) bond motifs is 1. The number of rotatable bonds is 8. The van der Waals surface area contributed by atoms with Gasteiger partial charge >= 0.3 is 5.97 Å². The molecule has 2 aromatic carbocycles. The predicted molar refractivity (Wildman–Crippen MR) is 131 cm³/mol. The van der Waals surface area contributed by atoms with E-state index < -0.39 is 5.97 Å². The van der Waals surface area contributed by atoms with Crippen LogP contribution < -0.4 is 0 Å². The number of hydrogen-bond acceptors (Lipinski definition) is 6. The molecule has 1 N–H and O–H groups in total. The van der Waals surface area contributed by atoms with Gasteiger partial charge < -0.3 is 9.52 Å². The van der Waals surface area contributed by atoms with Crippen LogP contribution in [-0.2, 0) is 11.3 Å². The average Bonchev–Trinajstić information content (AvgIpc) is 3.29. The van der Waals surface area contributed by atoms with Gasteiger partial charge in [0.05, 0.1) is 11.4 Å². The number of aliphatic carboxylic acids is 1. The summed E-state index contributed by atoms with van der Waals surface area (Å²) in [6.45, 7) is 3.93. The van der Waals surface area contributed by atoms with Gasteiger partial charge in [-0.15, -0.1) is 10.2 Å². The second-order valence-electron chi connectivity index (χ2n) is 8.63. The molecular weight excluding hydrogens is 428 g/mol. The van der Waals surface area contributed by atoms with Crippen molar-refractivity contribution in [2.45, 2.75) is 26.3 Å². The number of allylic oxidation sites excluding steroid dienone is 1. The fraction of sp³-hybridized carbons (Fsp3) is 0.259. The van der Waals surface area contributed by atoms with Crippen molar-refractivity contribution in [1.82, 2.24) is 20.1 Å². The molecule has 5 rings (SSSR count). The van der Waals surface area contributed by atoms with E-state index in [1.807, 2.05) is 48.5 Å². The highest BCUT2D eigenvalue weighted by atomic mass is 16.4. The summed E-state index contributed by atoms with van der Waals surface area (Å²) in [7, 11) is 0. The second kappa shape index (κ2) is 9.57. The normalized spacial score (nSPS) is 14.9. The van der Waals surface area contributed by atoms with Crippen molar-refractivity contribution < 1.29 is 14.3 Å². The summed E-state index contributed by atoms with van der Waals surface area (Å²) in [5, 5.41) is 18.7. The Kier molecular flexibility index (Phi) is 6.18. The van der Waals surface area contributed by atoms with Crippen molar-refractivity contribution in [3.63, 3.8) is 0 Å². The molecule has 1 aliphatic rings. The molecule has 0 saturated carbocycles. The Hall–Kier alpha value is -3.84. The van der Waals surface area contributed by atoms with Crippen LogP contribution in [0.4, 0.5) is 0 Å². The van der Waals surface area contributed by atoms with Gasteiger partial charge in [-0.25, -0.2) is 0 Å². The van der Waals surface area contributed by atoms with Crippen molar-refractivity contribution in [1.29, 1.82) is 0 Å². The maximum atomic E-state index is 11.1. The van der Waals surface area contributed by atoms with Crippen LogP contribution in [-0.4, -0.2) is 44.2 Å². The Morgan fingerprint density at radius 2 is 1.94 bits per heavy atom. The lowest BCUT2D eigenvalue weighted by molar-refractivity contribution is -0.147. The second-order valence-corrected chi connectivity index (χ2v) is 8.63. The van der Waals surface area contributed by atoms with E-state index in [2.05, 4.69) is 39.1 Å². The summed E-state index contributed by atoms with van der Waals surface area (Å²) in [4.78, 5) is 17.8. The predicted octanol–water partition coefficient (Wildman–Crippen LogP) is 5.14. The van der Waals surface area contributed by atoms with E-state index >= 15 is 0 Å². The summed E-state index contributed by atoms with van der Waals surface area (Å²) in [6.07, 6.45) is 5.67. The fourth-order valence-electron chi connectivity index (χ4n) is 4.41. The van der Waals surface area contributed by atoms with Crippen molar-refractivity contribution in [3.8, 4) is 11.5 Å². The van der Waals surface area contributed by atoms with Crippen LogP contribution in [0.2, 0.25) is 0 Å². The maximum absolute atomic E-state index is 11.1. The molecular formula is C27H26N4O3. The van der Waals surface area contributed by atoms with Crippen LogP contribution in [0.1, 0.15) is 36.8 Å². The molecule has 0 aliphatic carbocycles. The van der Waals surface area contributed by atoms with Crippen molar-refractivity contribution in [2.24, 2.45) is 5.92 Å². The van der Waals surface area contributed by atoms with Gasteiger partial charge in [0.25, 0.3) is 0 Å². The highest BCUT2D eigenvalue weighted by Crippen LogP contribution is 2.31. The average molecular weight is 455 g/mol. The number of aromatic nitrogens is 3. The number of benzene rings is 2. The van der Waals surface area contributed by atoms with Crippen LogP contribution >= 0.6 is 0 Å². The Labute approximate surface area is 197 Å². The monoisotopic (exact) mass is 454 g/mol. The number of carbonyl (C=O) groups is 1. The zero-order valence-electron chi connectivity index (χ0n) is 19.0. The third-order valence-corrected chi connectivity index (χ3v) is 6.19. The molecule has 0 atom stereocenters. The van der Waals surface area contributed by atoms with Crippen molar-refractivity contribution in [2.75, 3.05) is 13.1 Å². The molecule has 34 heavy (non-hydrogen) atoms. The maximum Gasteiger partial charge on any atom is 0.309 e. The molecule has 1 aliphatic heterocycles. The van der Waals surface area contributed by atoms with Gasteiger partial charge in [-0.1, -0.05) is 55.8 Å². The molecule has 172 valence electrons. The smallest absolute Gasteiger partial charge is 0.309 e. The molecule has 1 saturated heterocycles. The highest BCUT2D eigenvalue weighted by Gasteiger charge is 2.32. The summed E-state index contributed by atoms with van der Waals surface area (Å²) in [5.74, 6) is -0.0830. The van der Waals surface area contributed by atoms with E-state index in [0.29, 0.717) is 31.4 Å². The van der Waals surface area contributed by atoms with E-state index in [-0.39, 0.29) is 5.92 Å². The Balaban J connectivity index is 1.44. The number of hydrogen-bond donors (Lipinski definition) is 1. The molecule has 0 radical (unpaired) electrons. The quantitative estimate of drug-likeness (QED) is 0.394. The molecule has 1 fully saturated rings. The van der Waals surface area contributed by atoms with Crippen LogP contribution in [0, 0.1) is 5.92 Å². The zero-order valence-corrected chi connectivity index (χ0v) is 19.0. The third-order valence-electron chi connectivity index (χ3n) is 6.19. The molecule has 7 nitrogen and oxygen atoms in total. The Morgan fingerprint density at radius 3 is 2.71 bits per heavy atom. The van der Waals surface area contributed by atoms with E-state index in [4.69, 9.17) is 9.52 Å². The van der Waals surface area contributed by atoms with Crippen LogP contribution in [0.5, 0.6) is 0 Å². The fourth-order valence-corrected chi connectivity index (χ4v) is 4.41. The molecule has 0 amide bonds. The SMILES string of the molecule is CCC/C(=C\c1nnc(-c2ccc(CN3CC(C(=O)O)C3)c3ncccc23)o1)c1ccccc1. The van der Waals surface area contributed by atoms with E-state index in [9.17, 15) is 4.79 Å². The highest BCUT2D eigenvalue weighted by molar-refractivity contribution is 5.94. The molecule has 7 heteroatoms. The Morgan fingerprint density at radius 1 is 1.12 bits per heavy atom. The van der Waals surface area contributed by atoms with Crippen LogP contribution in [0.25, 0.3) is 34.0 Å². The third kappa shape index (κ3) is 4.47. The zero-order chi connectivity index (χ0) is 23.5. The first kappa shape index (κ1) is 22.0. The minimum atomic E-state index is -0.731. The van der Waals surface area contributed by atoms with Crippen LogP contribution in [0.15, 0.2) is 65.2 Å². The summed E-state index contributed by atoms with van der Waals surface area (Å²) < 4.78 is 6.07. The first-order valence-electron chi connectivity index (χ1n) is 11.5. The molecule has 0 unspecified atom stereocenters. The van der Waals surface area contributed by atoms with Gasteiger partial charge in [0, 0.05) is 42.9 Å². The van der Waals surface area contributed by atoms with Crippen molar-refractivity contribution >= 4 is 28.5 Å². The molecule has 4 aromatic rings. The topological polar surface area (TPSA) is 92.4 Å². The van der Waals surface area contributed by atoms with Gasteiger partial charge in [-0.3, -0.25) is 14.7 Å². The summed E-state index contributed by atoms with van der Waals surface area (Å²) in [6, 6.07) is 18.1. The van der Waals surface area contributed by atoms with Gasteiger partial charge in [0.1, 0.15) is 0 Å². The standard InChI is InChI=1S/C27H26N4O3/c1-2-7-19(18-8-4-3-5-9-18)14-24-29-30-26(34-24)23-12-11-20(25-22(23)10-6-13-28-25)15-31-16-21(17-31)27(32)33/h3-6,8-14,21H,2,7,15-17H2,1H3,(H,32,33)/b19-14+. The summed E-state index contributed by atoms with van der Waals surface area (Å²) in [5.41, 5.74) is 5.07. The summed E-state index contributed by atoms with van der Waals surface area (Å²) >= 11 is 0. The molecule has 0 bridgehead atoms. The Bertz CT molecular complexity index is 1340. The lowest BCUT2D eigenvalue weighted by atomic mass is 9.98. The van der Waals surface area contributed by atoms with E-state index in [1.165, 1.54) is 0 Å². The van der Waals surface area contributed by atoms with E-state index in [0.717, 1.165) is 46.0 Å². The van der Waals surface area contributed by atoms with Crippen molar-refractivity contribution in [3.05, 3.63) is 77.8 Å². The first-order valence-corrected chi connectivity index (χ1v) is 11.5. The molecule has 2 aromatic heterocycles. The first-order chi connectivity index (χ1) is 16.6. The van der Waals surface area contributed by atoms with Gasteiger partial charge in [0.15, 0.2) is 0 Å².